The second-order valence-electron chi connectivity index (χ2n) is 5.63. The number of carboxylic acids is 1. The minimum atomic E-state index is -0.842. The Bertz CT molecular complexity index is 725. The fourth-order valence-electron chi connectivity index (χ4n) is 2.65. The number of carbonyl (C=O) groups is 2. The number of rotatable bonds is 3. The van der Waals surface area contributed by atoms with E-state index in [1.807, 2.05) is 35.9 Å². The summed E-state index contributed by atoms with van der Waals surface area (Å²) in [6, 6.07) is 3.73. The monoisotopic (exact) mass is 302 g/mol. The number of amides is 2. The second-order valence-corrected chi connectivity index (χ2v) is 5.63. The van der Waals surface area contributed by atoms with Crippen molar-refractivity contribution >= 4 is 17.6 Å². The fourth-order valence-corrected chi connectivity index (χ4v) is 2.65. The minimum Gasteiger partial charge on any atom is -0.481 e. The number of aromatic nitrogens is 2. The molecule has 1 atom stereocenters. The van der Waals surface area contributed by atoms with Gasteiger partial charge >= 0.3 is 12.0 Å². The summed E-state index contributed by atoms with van der Waals surface area (Å²) in [6.07, 6.45) is 4.32. The van der Waals surface area contributed by atoms with Crippen LogP contribution in [0.3, 0.4) is 0 Å². The normalized spacial score (nSPS) is 17.9. The molecule has 2 aromatic heterocycles. The molecule has 0 spiro atoms. The van der Waals surface area contributed by atoms with Gasteiger partial charge in [0.1, 0.15) is 5.65 Å². The Labute approximate surface area is 127 Å². The van der Waals surface area contributed by atoms with Gasteiger partial charge in [-0.15, -0.1) is 0 Å². The van der Waals surface area contributed by atoms with Crippen molar-refractivity contribution in [1.29, 1.82) is 0 Å². The number of imidazole rings is 1. The van der Waals surface area contributed by atoms with E-state index in [1.54, 1.807) is 4.90 Å². The molecule has 1 saturated heterocycles. The minimum absolute atomic E-state index is 0.239. The molecule has 1 aliphatic heterocycles. The van der Waals surface area contributed by atoms with Gasteiger partial charge in [0.05, 0.1) is 18.2 Å². The molecule has 1 fully saturated rings. The van der Waals surface area contributed by atoms with Gasteiger partial charge in [-0.05, 0) is 31.0 Å². The summed E-state index contributed by atoms with van der Waals surface area (Å²) in [5.74, 6) is -1.30. The number of carboxylic acid groups (broad SMARTS) is 1. The van der Waals surface area contributed by atoms with Crippen molar-refractivity contribution in [2.45, 2.75) is 19.9 Å². The summed E-state index contributed by atoms with van der Waals surface area (Å²) < 4.78 is 1.91. The lowest BCUT2D eigenvalue weighted by molar-refractivity contribution is -0.141. The number of aliphatic carboxylic acids is 1. The summed E-state index contributed by atoms with van der Waals surface area (Å²) in [5.41, 5.74) is 2.75. The molecule has 7 nitrogen and oxygen atoms in total. The smallest absolute Gasteiger partial charge is 0.317 e. The van der Waals surface area contributed by atoms with Crippen molar-refractivity contribution in [1.82, 2.24) is 19.6 Å². The molecule has 1 aliphatic rings. The molecule has 2 amide bonds. The molecule has 2 N–H and O–H groups in total. The first-order chi connectivity index (χ1) is 10.5. The zero-order valence-corrected chi connectivity index (χ0v) is 12.3. The first kappa shape index (κ1) is 14.4. The van der Waals surface area contributed by atoms with Crippen molar-refractivity contribution in [3.8, 4) is 0 Å². The quantitative estimate of drug-likeness (QED) is 0.893. The Morgan fingerprint density at radius 1 is 1.50 bits per heavy atom. The number of nitrogens with zero attached hydrogens (tertiary/aromatic N) is 3. The molecule has 7 heteroatoms. The summed E-state index contributed by atoms with van der Waals surface area (Å²) in [7, 11) is 0. The van der Waals surface area contributed by atoms with E-state index in [0.717, 1.165) is 16.9 Å². The van der Waals surface area contributed by atoms with Crippen LogP contribution in [0.1, 0.15) is 17.7 Å². The van der Waals surface area contributed by atoms with Gasteiger partial charge in [0.25, 0.3) is 0 Å². The lowest BCUT2D eigenvalue weighted by Crippen LogP contribution is -2.38. The first-order valence-corrected chi connectivity index (χ1v) is 7.23. The molecule has 22 heavy (non-hydrogen) atoms. The number of fused-ring (bicyclic) bond motifs is 1. The third-order valence-electron chi connectivity index (χ3n) is 3.91. The number of carbonyl (C=O) groups excluding carboxylic acids is 1. The average Bonchev–Trinajstić information content (AvgIpc) is 3.10. The summed E-state index contributed by atoms with van der Waals surface area (Å²) in [6.45, 7) is 3.08. The maximum Gasteiger partial charge on any atom is 0.317 e. The van der Waals surface area contributed by atoms with Gasteiger partial charge in [-0.2, -0.15) is 0 Å². The van der Waals surface area contributed by atoms with Gasteiger partial charge in [-0.1, -0.05) is 0 Å². The van der Waals surface area contributed by atoms with Gasteiger partial charge in [0.15, 0.2) is 0 Å². The van der Waals surface area contributed by atoms with Gasteiger partial charge in [0.2, 0.25) is 0 Å². The number of nitrogens with one attached hydrogen (secondary N) is 1. The van der Waals surface area contributed by atoms with E-state index >= 15 is 0 Å². The highest BCUT2D eigenvalue weighted by Crippen LogP contribution is 2.16. The van der Waals surface area contributed by atoms with Crippen molar-refractivity contribution in [3.63, 3.8) is 0 Å². The van der Waals surface area contributed by atoms with E-state index < -0.39 is 11.9 Å². The van der Waals surface area contributed by atoms with E-state index in [0.29, 0.717) is 19.5 Å². The Morgan fingerprint density at radius 2 is 2.32 bits per heavy atom. The van der Waals surface area contributed by atoms with Crippen molar-refractivity contribution in [2.75, 3.05) is 13.1 Å². The molecule has 0 bridgehead atoms. The van der Waals surface area contributed by atoms with E-state index in [-0.39, 0.29) is 12.6 Å². The van der Waals surface area contributed by atoms with Gasteiger partial charge < -0.3 is 19.7 Å². The largest absolute Gasteiger partial charge is 0.481 e. The zero-order valence-electron chi connectivity index (χ0n) is 12.3. The summed E-state index contributed by atoms with van der Waals surface area (Å²) in [5, 5.41) is 11.7. The predicted molar refractivity (Wildman–Crippen MR) is 79.5 cm³/mol. The number of urea groups is 1. The molecule has 1 unspecified atom stereocenters. The molecule has 0 radical (unpaired) electrons. The van der Waals surface area contributed by atoms with Gasteiger partial charge in [-0.3, -0.25) is 4.79 Å². The molecule has 3 rings (SSSR count). The van der Waals surface area contributed by atoms with E-state index in [1.165, 1.54) is 0 Å². The van der Waals surface area contributed by atoms with Gasteiger partial charge in [-0.25, -0.2) is 9.78 Å². The Hall–Kier alpha value is -2.57. The first-order valence-electron chi connectivity index (χ1n) is 7.23. The van der Waals surface area contributed by atoms with Crippen LogP contribution in [0, 0.1) is 12.8 Å². The highest BCUT2D eigenvalue weighted by Gasteiger charge is 2.30. The molecule has 0 aliphatic carbocycles. The molecular weight excluding hydrogens is 284 g/mol. The van der Waals surface area contributed by atoms with E-state index in [9.17, 15) is 9.59 Å². The van der Waals surface area contributed by atoms with Crippen LogP contribution in [0.4, 0.5) is 4.79 Å². The predicted octanol–water partition coefficient (Wildman–Crippen LogP) is 1.26. The number of hydrogen-bond donors (Lipinski definition) is 2. The van der Waals surface area contributed by atoms with Crippen LogP contribution >= 0.6 is 0 Å². The zero-order chi connectivity index (χ0) is 15.7. The van der Waals surface area contributed by atoms with Crippen LogP contribution in [0.15, 0.2) is 24.5 Å². The molecule has 0 aromatic carbocycles. The van der Waals surface area contributed by atoms with Crippen molar-refractivity contribution < 1.29 is 14.7 Å². The Morgan fingerprint density at radius 3 is 3.05 bits per heavy atom. The maximum absolute atomic E-state index is 12.0. The third kappa shape index (κ3) is 2.88. The van der Waals surface area contributed by atoms with Gasteiger partial charge in [0, 0.05) is 25.5 Å². The summed E-state index contributed by atoms with van der Waals surface area (Å²) in [4.78, 5) is 28.9. The third-order valence-corrected chi connectivity index (χ3v) is 3.91. The van der Waals surface area contributed by atoms with Crippen molar-refractivity contribution in [2.24, 2.45) is 5.92 Å². The topological polar surface area (TPSA) is 86.9 Å². The number of likely N-dealkylation sites (tertiary alicyclic amines) is 1. The number of pyridine rings is 1. The lowest BCUT2D eigenvalue weighted by Gasteiger charge is -2.16. The lowest BCUT2D eigenvalue weighted by atomic mass is 10.1. The van der Waals surface area contributed by atoms with Crippen LogP contribution in [0.5, 0.6) is 0 Å². The molecule has 2 aromatic rings. The standard InChI is InChI=1S/C15H18N4O3/c1-10-2-4-18-9-12(17-13(18)6-10)7-16-15(22)19-5-3-11(8-19)14(20)21/h2,4,6,9,11H,3,5,7-8H2,1H3,(H,16,22)(H,20,21). The van der Waals surface area contributed by atoms with Crippen molar-refractivity contribution in [3.05, 3.63) is 35.8 Å². The highest BCUT2D eigenvalue weighted by atomic mass is 16.4. The molecular formula is C15H18N4O3. The molecule has 3 heterocycles. The average molecular weight is 302 g/mol. The maximum atomic E-state index is 12.0. The second kappa shape index (κ2) is 5.67. The highest BCUT2D eigenvalue weighted by molar-refractivity contribution is 5.77. The number of hydrogen-bond acceptors (Lipinski definition) is 3. The Kier molecular flexibility index (Phi) is 3.70. The van der Waals surface area contributed by atoms with Crippen LogP contribution in [-0.2, 0) is 11.3 Å². The van der Waals surface area contributed by atoms with E-state index in [4.69, 9.17) is 5.11 Å². The Balaban J connectivity index is 1.59. The van der Waals surface area contributed by atoms with E-state index in [2.05, 4.69) is 10.3 Å². The van der Waals surface area contributed by atoms with Crippen LogP contribution in [0.2, 0.25) is 0 Å². The summed E-state index contributed by atoms with van der Waals surface area (Å²) >= 11 is 0. The van der Waals surface area contributed by atoms with Crippen LogP contribution in [0.25, 0.3) is 5.65 Å². The fraction of sp³-hybridized carbons (Fsp3) is 0.400. The molecule has 116 valence electrons. The van der Waals surface area contributed by atoms with Crippen LogP contribution in [-0.4, -0.2) is 44.5 Å². The van der Waals surface area contributed by atoms with Crippen LogP contribution < -0.4 is 5.32 Å². The molecule has 0 saturated carbocycles. The SMILES string of the molecule is Cc1ccn2cc(CNC(=O)N3CCC(C(=O)O)C3)nc2c1. The number of aryl methyl sites for hydroxylation is 1.